The van der Waals surface area contributed by atoms with Gasteiger partial charge in [0.15, 0.2) is 6.61 Å². The van der Waals surface area contributed by atoms with Crippen LogP contribution in [0.4, 0.5) is 11.4 Å². The van der Waals surface area contributed by atoms with Gasteiger partial charge in [-0.05, 0) is 61.6 Å². The highest BCUT2D eigenvalue weighted by atomic mass is 35.5. The first kappa shape index (κ1) is 30.2. The van der Waals surface area contributed by atoms with Crippen LogP contribution in [0.25, 0.3) is 0 Å². The number of ether oxygens (including phenoxy) is 1. The molecule has 0 spiro atoms. The minimum Gasteiger partial charge on any atom is -0.478 e. The number of hydrogen-bond donors (Lipinski definition) is 3. The summed E-state index contributed by atoms with van der Waals surface area (Å²) < 4.78 is 4.77. The van der Waals surface area contributed by atoms with Crippen LogP contribution in [-0.2, 0) is 32.0 Å². The molecule has 1 aliphatic heterocycles. The van der Waals surface area contributed by atoms with Gasteiger partial charge in [0.25, 0.3) is 0 Å². The van der Waals surface area contributed by atoms with E-state index in [0.717, 1.165) is 43.8 Å². The second-order valence-electron chi connectivity index (χ2n) is 8.19. The van der Waals surface area contributed by atoms with Crippen molar-refractivity contribution < 1.29 is 29.3 Å². The lowest BCUT2D eigenvalue weighted by molar-refractivity contribution is -0.136. The molecule has 0 fully saturated rings. The molecule has 0 aromatic heterocycles. The van der Waals surface area contributed by atoms with E-state index in [1.54, 1.807) is 6.08 Å². The molecule has 0 amide bonds. The lowest BCUT2D eigenvalue weighted by atomic mass is 10.0. The zero-order chi connectivity index (χ0) is 27.8. The van der Waals surface area contributed by atoms with Crippen molar-refractivity contribution in [1.82, 2.24) is 5.32 Å². The molecule has 0 radical (unpaired) electrons. The quantitative estimate of drug-likeness (QED) is 0.167. The first-order chi connectivity index (χ1) is 18.3. The highest BCUT2D eigenvalue weighted by Gasteiger charge is 2.20. The van der Waals surface area contributed by atoms with Gasteiger partial charge < -0.3 is 25.2 Å². The Kier molecular flexibility index (Phi) is 13.2. The van der Waals surface area contributed by atoms with Crippen LogP contribution < -0.4 is 10.2 Å². The number of carbonyl (C=O) groups is 3. The zero-order valence-electron chi connectivity index (χ0n) is 20.9. The minimum absolute atomic E-state index is 0.00453. The Bertz CT molecular complexity index is 1190. The van der Waals surface area contributed by atoms with Crippen LogP contribution in [-0.4, -0.2) is 54.4 Å². The molecule has 200 valence electrons. The molecular formula is C29H31ClN2O6. The smallest absolute Gasteiger partial charge is 0.331 e. The van der Waals surface area contributed by atoms with Crippen molar-refractivity contribution >= 4 is 40.9 Å². The van der Waals surface area contributed by atoms with Crippen molar-refractivity contribution in [2.45, 2.75) is 25.7 Å². The summed E-state index contributed by atoms with van der Waals surface area (Å²) in [6.07, 6.45) is 13.5. The molecule has 0 aliphatic carbocycles. The number of rotatable bonds is 11. The molecule has 3 rings (SSSR count). The monoisotopic (exact) mass is 538 g/mol. The number of nitrogens with zero attached hydrogens (tertiary/aromatic N) is 1. The van der Waals surface area contributed by atoms with Crippen LogP contribution in [0.1, 0.15) is 24.0 Å². The summed E-state index contributed by atoms with van der Waals surface area (Å²) in [5.41, 5.74) is 5.22. The number of benzene rings is 2. The number of aryl methyl sites for hydroxylation is 2. The number of halogens is 1. The van der Waals surface area contributed by atoms with Gasteiger partial charge in [-0.25, -0.2) is 14.4 Å². The van der Waals surface area contributed by atoms with Gasteiger partial charge in [0.1, 0.15) is 0 Å². The maximum Gasteiger partial charge on any atom is 0.331 e. The Balaban J connectivity index is 0.000000550. The normalized spacial score (nSPS) is 12.1. The molecule has 38 heavy (non-hydrogen) atoms. The average Bonchev–Trinajstić information content (AvgIpc) is 3.04. The van der Waals surface area contributed by atoms with Crippen LogP contribution in [0.3, 0.4) is 0 Å². The summed E-state index contributed by atoms with van der Waals surface area (Å²) in [6.45, 7) is 2.43. The van der Waals surface area contributed by atoms with Gasteiger partial charge in [-0.15, -0.1) is 6.42 Å². The number of hydrogen-bond acceptors (Lipinski definition) is 6. The fourth-order valence-electron chi connectivity index (χ4n) is 3.79. The van der Waals surface area contributed by atoms with Gasteiger partial charge in [-0.2, -0.15) is 0 Å². The summed E-state index contributed by atoms with van der Waals surface area (Å²) in [6, 6.07) is 14.9. The number of anilines is 2. The average molecular weight is 539 g/mol. The summed E-state index contributed by atoms with van der Waals surface area (Å²) in [5, 5.41) is 19.7. The van der Waals surface area contributed by atoms with E-state index in [9.17, 15) is 14.4 Å². The topological polar surface area (TPSA) is 116 Å². The predicted octanol–water partition coefficient (Wildman–Crippen LogP) is 4.39. The number of esters is 1. The van der Waals surface area contributed by atoms with Gasteiger partial charge in [0.2, 0.25) is 0 Å². The maximum atomic E-state index is 11.3. The zero-order valence-corrected chi connectivity index (χ0v) is 21.7. The molecule has 0 saturated carbocycles. The van der Waals surface area contributed by atoms with Crippen molar-refractivity contribution in [1.29, 1.82) is 0 Å². The summed E-state index contributed by atoms with van der Waals surface area (Å²) >= 11 is 6.32. The number of carboxylic acid groups (broad SMARTS) is 2. The number of para-hydroxylation sites is 1. The Morgan fingerprint density at radius 2 is 1.68 bits per heavy atom. The Morgan fingerprint density at radius 3 is 2.37 bits per heavy atom. The van der Waals surface area contributed by atoms with Crippen LogP contribution in [0, 0.1) is 12.3 Å². The van der Waals surface area contributed by atoms with Gasteiger partial charge in [0, 0.05) is 47.7 Å². The van der Waals surface area contributed by atoms with Crippen LogP contribution >= 0.6 is 11.6 Å². The third kappa shape index (κ3) is 10.9. The van der Waals surface area contributed by atoms with E-state index in [1.807, 2.05) is 6.07 Å². The molecule has 0 unspecified atom stereocenters. The minimum atomic E-state index is -1.26. The number of terminal acetylenes is 1. The molecule has 0 saturated heterocycles. The van der Waals surface area contributed by atoms with Gasteiger partial charge in [-0.1, -0.05) is 47.9 Å². The SMILES string of the molecule is C#CCOC(=O)/C=C/CNCCCCN1c2ccccc2CCc2ccc(Cl)cc21.O=C(O)/C=C\C(=O)O. The summed E-state index contributed by atoms with van der Waals surface area (Å²) in [4.78, 5) is 32.8. The molecule has 1 heterocycles. The Morgan fingerprint density at radius 1 is 1.00 bits per heavy atom. The van der Waals surface area contributed by atoms with Gasteiger partial charge in [0.05, 0.1) is 0 Å². The third-order valence-corrected chi connectivity index (χ3v) is 5.69. The molecule has 8 nitrogen and oxygen atoms in total. The maximum absolute atomic E-state index is 11.3. The number of unbranched alkanes of at least 4 members (excludes halogenated alkanes) is 1. The van der Waals surface area contributed by atoms with Crippen molar-refractivity contribution in [2.24, 2.45) is 0 Å². The fraction of sp³-hybridized carbons (Fsp3) is 0.276. The van der Waals surface area contributed by atoms with Crippen molar-refractivity contribution in [3.63, 3.8) is 0 Å². The van der Waals surface area contributed by atoms with Crippen LogP contribution in [0.2, 0.25) is 5.02 Å². The lowest BCUT2D eigenvalue weighted by Gasteiger charge is -2.27. The van der Waals surface area contributed by atoms with E-state index < -0.39 is 17.9 Å². The van der Waals surface area contributed by atoms with E-state index in [4.69, 9.17) is 33.0 Å². The fourth-order valence-corrected chi connectivity index (χ4v) is 3.96. The summed E-state index contributed by atoms with van der Waals surface area (Å²) in [7, 11) is 0. The molecule has 9 heteroatoms. The Labute approximate surface area is 227 Å². The van der Waals surface area contributed by atoms with Crippen LogP contribution in [0.15, 0.2) is 66.8 Å². The second-order valence-corrected chi connectivity index (χ2v) is 8.63. The third-order valence-electron chi connectivity index (χ3n) is 5.45. The van der Waals surface area contributed by atoms with E-state index >= 15 is 0 Å². The van der Waals surface area contributed by atoms with E-state index in [-0.39, 0.29) is 6.61 Å². The first-order valence-electron chi connectivity index (χ1n) is 12.1. The molecule has 2 aromatic rings. The van der Waals surface area contributed by atoms with Gasteiger partial charge >= 0.3 is 17.9 Å². The number of carboxylic acids is 2. The van der Waals surface area contributed by atoms with Gasteiger partial charge in [-0.3, -0.25) is 0 Å². The molecule has 0 atom stereocenters. The van der Waals surface area contributed by atoms with Crippen molar-refractivity contribution in [2.75, 3.05) is 31.1 Å². The second kappa shape index (κ2) is 16.6. The predicted molar refractivity (Wildman–Crippen MR) is 148 cm³/mol. The highest BCUT2D eigenvalue weighted by Crippen LogP contribution is 2.37. The first-order valence-corrected chi connectivity index (χ1v) is 12.4. The number of carbonyl (C=O) groups excluding carboxylic acids is 1. The highest BCUT2D eigenvalue weighted by molar-refractivity contribution is 6.30. The molecule has 2 aromatic carbocycles. The lowest BCUT2D eigenvalue weighted by Crippen LogP contribution is -2.22. The van der Waals surface area contributed by atoms with Crippen LogP contribution in [0.5, 0.6) is 0 Å². The number of fused-ring (bicyclic) bond motifs is 2. The Hall–Kier alpha value is -4.06. The molecule has 3 N–H and O–H groups in total. The van der Waals surface area contributed by atoms with Crippen molar-refractivity contribution in [3.05, 3.63) is 82.9 Å². The largest absolute Gasteiger partial charge is 0.478 e. The van der Waals surface area contributed by atoms with E-state index in [2.05, 4.69) is 52.5 Å². The summed E-state index contributed by atoms with van der Waals surface area (Å²) in [5.74, 6) is -0.658. The van der Waals surface area contributed by atoms with E-state index in [0.29, 0.717) is 18.7 Å². The number of nitrogens with one attached hydrogen (secondary N) is 1. The molecule has 1 aliphatic rings. The molecular weight excluding hydrogens is 508 g/mol. The number of aliphatic carboxylic acids is 2. The van der Waals surface area contributed by atoms with E-state index in [1.165, 1.54) is 28.6 Å². The molecule has 0 bridgehead atoms. The van der Waals surface area contributed by atoms with Crippen molar-refractivity contribution in [3.8, 4) is 12.3 Å². The standard InChI is InChI=1S/C25H27ClN2O2.C4H4O4/c1-2-18-30-25(29)10-7-16-27-15-5-6-17-28-23-9-4-3-8-20(23)11-12-21-13-14-22(26)19-24(21)28;5-3(6)1-2-4(7)8/h1,3-4,7-10,13-14,19,27H,5-6,11-12,15-18H2;1-2H,(H,5,6)(H,7,8)/b10-7+;2-1-.